The molecule has 4 amide bonds. The second-order valence-electron chi connectivity index (χ2n) is 7.21. The number of carbonyl (C=O) groups excluding carboxylic acids is 3. The number of aryl methyl sites for hydroxylation is 2. The zero-order valence-corrected chi connectivity index (χ0v) is 15.7. The van der Waals surface area contributed by atoms with Crippen LogP contribution in [0.15, 0.2) is 6.07 Å². The van der Waals surface area contributed by atoms with Crippen molar-refractivity contribution in [2.75, 3.05) is 33.7 Å². The number of likely N-dealkylation sites (N-methyl/N-ethyl adjacent to an activating group) is 2. The van der Waals surface area contributed by atoms with Crippen molar-refractivity contribution in [2.45, 2.75) is 38.9 Å². The standard InChI is InChI=1S/C17H26N6O3/c1-11-7-12(2)23(19-11)6-5-20(3)17(26)18-13-8-14-16(25)21(4)10-15(24)22(14)9-13/h7,13-14H,5-6,8-10H2,1-4H3,(H,18,26)/t13-,14-/m0/s1. The molecule has 2 atom stereocenters. The number of fused-ring (bicyclic) bond motifs is 1. The quantitative estimate of drug-likeness (QED) is 0.788. The van der Waals surface area contributed by atoms with Crippen molar-refractivity contribution in [3.05, 3.63) is 17.5 Å². The number of aromatic nitrogens is 2. The summed E-state index contributed by atoms with van der Waals surface area (Å²) < 4.78 is 1.88. The predicted molar refractivity (Wildman–Crippen MR) is 94.4 cm³/mol. The number of amides is 4. The highest BCUT2D eigenvalue weighted by Gasteiger charge is 2.45. The van der Waals surface area contributed by atoms with Crippen LogP contribution in [0, 0.1) is 13.8 Å². The van der Waals surface area contributed by atoms with E-state index in [2.05, 4.69) is 10.4 Å². The van der Waals surface area contributed by atoms with Crippen LogP contribution in [0.4, 0.5) is 4.79 Å². The zero-order chi connectivity index (χ0) is 19.0. The molecule has 1 aromatic rings. The lowest BCUT2D eigenvalue weighted by molar-refractivity contribution is -0.152. The monoisotopic (exact) mass is 362 g/mol. The minimum Gasteiger partial charge on any atom is -0.335 e. The number of hydrogen-bond donors (Lipinski definition) is 1. The highest BCUT2D eigenvalue weighted by molar-refractivity contribution is 5.95. The molecule has 3 rings (SSSR count). The smallest absolute Gasteiger partial charge is 0.317 e. The Kier molecular flexibility index (Phi) is 4.88. The molecule has 0 saturated carbocycles. The number of carbonyl (C=O) groups is 3. The van der Waals surface area contributed by atoms with Crippen molar-refractivity contribution in [3.63, 3.8) is 0 Å². The number of hydrogen-bond acceptors (Lipinski definition) is 4. The van der Waals surface area contributed by atoms with E-state index >= 15 is 0 Å². The van der Waals surface area contributed by atoms with E-state index in [-0.39, 0.29) is 30.4 Å². The molecule has 0 aliphatic carbocycles. The normalized spacial score (nSPS) is 22.6. The Bertz CT molecular complexity index is 730. The van der Waals surface area contributed by atoms with Gasteiger partial charge in [0.2, 0.25) is 11.8 Å². The summed E-state index contributed by atoms with van der Waals surface area (Å²) in [6.45, 7) is 5.56. The largest absolute Gasteiger partial charge is 0.335 e. The van der Waals surface area contributed by atoms with Crippen LogP contribution in [0.2, 0.25) is 0 Å². The second-order valence-corrected chi connectivity index (χ2v) is 7.21. The van der Waals surface area contributed by atoms with Crippen LogP contribution in [-0.2, 0) is 16.1 Å². The number of nitrogens with zero attached hydrogens (tertiary/aromatic N) is 5. The van der Waals surface area contributed by atoms with Gasteiger partial charge in [0.1, 0.15) is 6.04 Å². The summed E-state index contributed by atoms with van der Waals surface area (Å²) in [5.41, 5.74) is 2.02. The molecule has 2 fully saturated rings. The van der Waals surface area contributed by atoms with E-state index in [0.29, 0.717) is 26.1 Å². The van der Waals surface area contributed by atoms with Crippen LogP contribution >= 0.6 is 0 Å². The first kappa shape index (κ1) is 18.2. The minimum absolute atomic E-state index is 0.0563. The fourth-order valence-electron chi connectivity index (χ4n) is 3.61. The average molecular weight is 362 g/mol. The number of nitrogens with one attached hydrogen (secondary N) is 1. The van der Waals surface area contributed by atoms with Gasteiger partial charge in [-0.3, -0.25) is 14.3 Å². The SMILES string of the molecule is Cc1cc(C)n(CCN(C)C(=O)N[C@H]2C[C@H]3C(=O)N(C)CC(=O)N3C2)n1. The molecule has 142 valence electrons. The molecular formula is C17H26N6O3. The maximum Gasteiger partial charge on any atom is 0.317 e. The zero-order valence-electron chi connectivity index (χ0n) is 15.7. The van der Waals surface area contributed by atoms with Crippen LogP contribution in [0.1, 0.15) is 17.8 Å². The summed E-state index contributed by atoms with van der Waals surface area (Å²) in [6, 6.07) is 1.14. The van der Waals surface area contributed by atoms with Crippen LogP contribution < -0.4 is 5.32 Å². The van der Waals surface area contributed by atoms with Crippen molar-refractivity contribution in [1.29, 1.82) is 0 Å². The lowest BCUT2D eigenvalue weighted by atomic mass is 10.1. The van der Waals surface area contributed by atoms with Gasteiger partial charge in [-0.2, -0.15) is 5.10 Å². The van der Waals surface area contributed by atoms with E-state index < -0.39 is 6.04 Å². The van der Waals surface area contributed by atoms with E-state index in [1.807, 2.05) is 24.6 Å². The van der Waals surface area contributed by atoms with Crippen LogP contribution in [0.25, 0.3) is 0 Å². The van der Waals surface area contributed by atoms with E-state index in [0.717, 1.165) is 11.4 Å². The molecule has 2 aliphatic rings. The molecule has 1 aromatic heterocycles. The third kappa shape index (κ3) is 3.51. The molecule has 2 saturated heterocycles. The highest BCUT2D eigenvalue weighted by Crippen LogP contribution is 2.23. The van der Waals surface area contributed by atoms with Gasteiger partial charge in [-0.15, -0.1) is 0 Å². The molecule has 3 heterocycles. The Morgan fingerprint density at radius 1 is 1.38 bits per heavy atom. The van der Waals surface area contributed by atoms with Gasteiger partial charge in [-0.1, -0.05) is 0 Å². The van der Waals surface area contributed by atoms with Crippen molar-refractivity contribution in [3.8, 4) is 0 Å². The fraction of sp³-hybridized carbons (Fsp3) is 0.647. The molecule has 0 spiro atoms. The molecule has 0 radical (unpaired) electrons. The van der Waals surface area contributed by atoms with Gasteiger partial charge in [0, 0.05) is 32.9 Å². The summed E-state index contributed by atoms with van der Waals surface area (Å²) >= 11 is 0. The Morgan fingerprint density at radius 2 is 2.12 bits per heavy atom. The van der Waals surface area contributed by atoms with E-state index in [9.17, 15) is 14.4 Å². The molecule has 1 N–H and O–H groups in total. The Hall–Kier alpha value is -2.58. The lowest BCUT2D eigenvalue weighted by Gasteiger charge is -2.33. The molecule has 0 unspecified atom stereocenters. The molecule has 2 aliphatic heterocycles. The molecule has 26 heavy (non-hydrogen) atoms. The van der Waals surface area contributed by atoms with Gasteiger partial charge in [0.05, 0.1) is 24.8 Å². The summed E-state index contributed by atoms with van der Waals surface area (Å²) in [5, 5.41) is 7.33. The molecule has 0 aromatic carbocycles. The third-order valence-electron chi connectivity index (χ3n) is 5.08. The second kappa shape index (κ2) is 6.97. The summed E-state index contributed by atoms with van der Waals surface area (Å²) in [6.07, 6.45) is 0.464. The average Bonchev–Trinajstić information content (AvgIpc) is 3.13. The van der Waals surface area contributed by atoms with Crippen molar-refractivity contribution in [2.24, 2.45) is 0 Å². The van der Waals surface area contributed by atoms with Crippen molar-refractivity contribution < 1.29 is 14.4 Å². The maximum absolute atomic E-state index is 12.4. The lowest BCUT2D eigenvalue weighted by Crippen LogP contribution is -2.56. The topological polar surface area (TPSA) is 90.8 Å². The Labute approximate surface area is 152 Å². The van der Waals surface area contributed by atoms with E-state index in [1.54, 1.807) is 23.9 Å². The molecule has 0 bridgehead atoms. The van der Waals surface area contributed by atoms with Gasteiger partial charge < -0.3 is 20.0 Å². The van der Waals surface area contributed by atoms with E-state index in [1.165, 1.54) is 4.90 Å². The number of rotatable bonds is 4. The summed E-state index contributed by atoms with van der Waals surface area (Å²) in [4.78, 5) is 41.4. The predicted octanol–water partition coefficient (Wildman–Crippen LogP) is -0.417. The van der Waals surface area contributed by atoms with Crippen molar-refractivity contribution >= 4 is 17.8 Å². The van der Waals surface area contributed by atoms with Gasteiger partial charge in [-0.25, -0.2) is 4.79 Å². The van der Waals surface area contributed by atoms with Gasteiger partial charge in [-0.05, 0) is 26.3 Å². The fourth-order valence-corrected chi connectivity index (χ4v) is 3.61. The maximum atomic E-state index is 12.4. The Balaban J connectivity index is 1.52. The van der Waals surface area contributed by atoms with Gasteiger partial charge in [0.15, 0.2) is 0 Å². The summed E-state index contributed by atoms with van der Waals surface area (Å²) in [7, 11) is 3.36. The van der Waals surface area contributed by atoms with Crippen LogP contribution in [0.5, 0.6) is 0 Å². The number of piperazine rings is 1. The first-order chi connectivity index (χ1) is 12.3. The first-order valence-corrected chi connectivity index (χ1v) is 8.83. The van der Waals surface area contributed by atoms with Crippen LogP contribution in [-0.4, -0.2) is 88.1 Å². The number of urea groups is 1. The third-order valence-corrected chi connectivity index (χ3v) is 5.08. The molecule has 9 nitrogen and oxygen atoms in total. The molecular weight excluding hydrogens is 336 g/mol. The highest BCUT2D eigenvalue weighted by atomic mass is 16.2. The molecule has 9 heteroatoms. The minimum atomic E-state index is -0.452. The first-order valence-electron chi connectivity index (χ1n) is 8.83. The van der Waals surface area contributed by atoms with E-state index in [4.69, 9.17) is 0 Å². The summed E-state index contributed by atoms with van der Waals surface area (Å²) in [5.74, 6) is -0.119. The Morgan fingerprint density at radius 3 is 2.77 bits per heavy atom. The van der Waals surface area contributed by atoms with Crippen molar-refractivity contribution in [1.82, 2.24) is 29.8 Å². The van der Waals surface area contributed by atoms with Gasteiger partial charge >= 0.3 is 6.03 Å². The van der Waals surface area contributed by atoms with Gasteiger partial charge in [0.25, 0.3) is 0 Å². The van der Waals surface area contributed by atoms with Crippen LogP contribution in [0.3, 0.4) is 0 Å².